The number of carbonyl (C=O) groups is 1. The molecule has 0 aromatic heterocycles. The molecule has 1 amide bonds. The van der Waals surface area contributed by atoms with Gasteiger partial charge in [-0.1, -0.05) is 54.1 Å². The predicted molar refractivity (Wildman–Crippen MR) is 122 cm³/mol. The molecule has 0 bridgehead atoms. The van der Waals surface area contributed by atoms with Gasteiger partial charge in [0.25, 0.3) is 5.91 Å². The number of benzene rings is 3. The second-order valence-corrected chi connectivity index (χ2v) is 7.98. The summed E-state index contributed by atoms with van der Waals surface area (Å²) in [6, 6.07) is 24.9. The fourth-order valence-electron chi connectivity index (χ4n) is 3.91. The molecule has 0 unspecified atom stereocenters. The minimum Gasteiger partial charge on any atom is -0.348 e. The van der Waals surface area contributed by atoms with Crippen molar-refractivity contribution in [3.63, 3.8) is 0 Å². The molecular formula is C26H29N3O. The summed E-state index contributed by atoms with van der Waals surface area (Å²) in [5, 5.41) is 6.44. The van der Waals surface area contributed by atoms with Crippen LogP contribution in [0.5, 0.6) is 0 Å². The van der Waals surface area contributed by atoms with Crippen LogP contribution in [-0.4, -0.2) is 37.0 Å². The van der Waals surface area contributed by atoms with Gasteiger partial charge >= 0.3 is 0 Å². The van der Waals surface area contributed by atoms with Crippen molar-refractivity contribution in [3.05, 3.63) is 95.1 Å². The summed E-state index contributed by atoms with van der Waals surface area (Å²) in [5.74, 6) is -0.0397. The smallest absolute Gasteiger partial charge is 0.251 e. The van der Waals surface area contributed by atoms with Crippen molar-refractivity contribution in [2.24, 2.45) is 0 Å². The fraction of sp³-hybridized carbons (Fsp3) is 0.269. The zero-order valence-corrected chi connectivity index (χ0v) is 17.5. The number of nitrogens with zero attached hydrogens (tertiary/aromatic N) is 1. The molecule has 3 aromatic carbocycles. The zero-order chi connectivity index (χ0) is 20.8. The lowest BCUT2D eigenvalue weighted by atomic mass is 10.0. The van der Waals surface area contributed by atoms with E-state index >= 15 is 0 Å². The standard InChI is InChI=1S/C26H29N3O/c1-20-5-2-10-25(15-20)26(30)28-18-21-6-3-8-23(16-21)24-9-4-7-22(17-24)19-29-13-11-27-12-14-29/h2-10,15-17,27H,11-14,18-19H2,1H3,(H,28,30). The highest BCUT2D eigenvalue weighted by molar-refractivity contribution is 5.94. The van der Waals surface area contributed by atoms with Gasteiger partial charge in [0.05, 0.1) is 0 Å². The Hall–Kier alpha value is -2.95. The first-order valence-electron chi connectivity index (χ1n) is 10.6. The van der Waals surface area contributed by atoms with Gasteiger partial charge in [0, 0.05) is 44.8 Å². The van der Waals surface area contributed by atoms with Crippen LogP contribution in [0.1, 0.15) is 27.0 Å². The van der Waals surface area contributed by atoms with Crippen LogP contribution in [0.15, 0.2) is 72.8 Å². The van der Waals surface area contributed by atoms with E-state index in [9.17, 15) is 4.79 Å². The van der Waals surface area contributed by atoms with Crippen LogP contribution in [0.4, 0.5) is 0 Å². The first-order chi connectivity index (χ1) is 14.7. The number of amides is 1. The summed E-state index contributed by atoms with van der Waals surface area (Å²) in [4.78, 5) is 14.9. The molecule has 0 aliphatic carbocycles. The lowest BCUT2D eigenvalue weighted by Crippen LogP contribution is -2.42. The van der Waals surface area contributed by atoms with E-state index in [2.05, 4.69) is 64.1 Å². The van der Waals surface area contributed by atoms with Crippen LogP contribution in [0.3, 0.4) is 0 Å². The molecular weight excluding hydrogens is 370 g/mol. The fourth-order valence-corrected chi connectivity index (χ4v) is 3.91. The highest BCUT2D eigenvalue weighted by Gasteiger charge is 2.11. The molecule has 1 aliphatic heterocycles. The number of piperazine rings is 1. The number of rotatable bonds is 6. The van der Waals surface area contributed by atoms with Gasteiger partial charge < -0.3 is 10.6 Å². The Bertz CT molecular complexity index is 1010. The minimum atomic E-state index is -0.0397. The van der Waals surface area contributed by atoms with Crippen molar-refractivity contribution >= 4 is 5.91 Å². The predicted octanol–water partition coefficient (Wildman–Crippen LogP) is 4.00. The lowest BCUT2D eigenvalue weighted by Gasteiger charge is -2.27. The SMILES string of the molecule is Cc1cccc(C(=O)NCc2cccc(-c3cccc(CN4CCNCC4)c3)c2)c1. The number of nitrogens with one attached hydrogen (secondary N) is 2. The number of aryl methyl sites for hydroxylation is 1. The van der Waals surface area contributed by atoms with E-state index in [1.807, 2.05) is 31.2 Å². The molecule has 0 atom stereocenters. The maximum atomic E-state index is 12.4. The average molecular weight is 400 g/mol. The van der Waals surface area contributed by atoms with Crippen LogP contribution < -0.4 is 10.6 Å². The zero-order valence-electron chi connectivity index (χ0n) is 17.5. The topological polar surface area (TPSA) is 44.4 Å². The molecule has 4 rings (SSSR count). The van der Waals surface area contributed by atoms with Gasteiger partial charge in [-0.2, -0.15) is 0 Å². The van der Waals surface area contributed by atoms with Gasteiger partial charge in [0.1, 0.15) is 0 Å². The summed E-state index contributed by atoms with van der Waals surface area (Å²) in [6.07, 6.45) is 0. The van der Waals surface area contributed by atoms with E-state index in [0.29, 0.717) is 12.1 Å². The highest BCUT2D eigenvalue weighted by atomic mass is 16.1. The molecule has 2 N–H and O–H groups in total. The highest BCUT2D eigenvalue weighted by Crippen LogP contribution is 2.22. The molecule has 1 aliphatic rings. The van der Waals surface area contributed by atoms with Crippen molar-refractivity contribution < 1.29 is 4.79 Å². The molecule has 1 heterocycles. The van der Waals surface area contributed by atoms with Crippen LogP contribution in [0.2, 0.25) is 0 Å². The van der Waals surface area contributed by atoms with Gasteiger partial charge in [-0.15, -0.1) is 0 Å². The third-order valence-electron chi connectivity index (χ3n) is 5.54. The molecule has 0 radical (unpaired) electrons. The number of carbonyl (C=O) groups excluding carboxylic acids is 1. The van der Waals surface area contributed by atoms with E-state index in [0.717, 1.165) is 43.9 Å². The second kappa shape index (κ2) is 9.70. The molecule has 0 saturated carbocycles. The molecule has 1 saturated heterocycles. The molecule has 4 heteroatoms. The Labute approximate surface area is 178 Å². The Morgan fingerprint density at radius 3 is 2.30 bits per heavy atom. The maximum absolute atomic E-state index is 12.4. The van der Waals surface area contributed by atoms with Gasteiger partial charge in [-0.05, 0) is 53.4 Å². The Morgan fingerprint density at radius 2 is 1.57 bits per heavy atom. The van der Waals surface area contributed by atoms with Crippen molar-refractivity contribution in [2.45, 2.75) is 20.0 Å². The molecule has 1 fully saturated rings. The quantitative estimate of drug-likeness (QED) is 0.659. The van der Waals surface area contributed by atoms with Crippen molar-refractivity contribution in [1.82, 2.24) is 15.5 Å². The van der Waals surface area contributed by atoms with E-state index in [4.69, 9.17) is 0 Å². The molecule has 0 spiro atoms. The molecule has 4 nitrogen and oxygen atoms in total. The Kier molecular flexibility index (Phi) is 6.57. The number of hydrogen-bond acceptors (Lipinski definition) is 3. The molecule has 30 heavy (non-hydrogen) atoms. The van der Waals surface area contributed by atoms with E-state index in [1.54, 1.807) is 0 Å². The van der Waals surface area contributed by atoms with Crippen LogP contribution in [0.25, 0.3) is 11.1 Å². The van der Waals surface area contributed by atoms with E-state index in [-0.39, 0.29) is 5.91 Å². The second-order valence-electron chi connectivity index (χ2n) is 7.98. The van der Waals surface area contributed by atoms with Crippen LogP contribution >= 0.6 is 0 Å². The third-order valence-corrected chi connectivity index (χ3v) is 5.54. The average Bonchev–Trinajstić information content (AvgIpc) is 2.78. The summed E-state index contributed by atoms with van der Waals surface area (Å²) in [5.41, 5.74) is 6.62. The van der Waals surface area contributed by atoms with Crippen LogP contribution in [-0.2, 0) is 13.1 Å². The summed E-state index contributed by atoms with van der Waals surface area (Å²) in [6.45, 7) is 7.83. The maximum Gasteiger partial charge on any atom is 0.251 e. The van der Waals surface area contributed by atoms with E-state index < -0.39 is 0 Å². The summed E-state index contributed by atoms with van der Waals surface area (Å²) >= 11 is 0. The van der Waals surface area contributed by atoms with Crippen molar-refractivity contribution in [1.29, 1.82) is 0 Å². The monoisotopic (exact) mass is 399 g/mol. The van der Waals surface area contributed by atoms with Gasteiger partial charge in [-0.25, -0.2) is 0 Å². The van der Waals surface area contributed by atoms with Gasteiger partial charge in [-0.3, -0.25) is 9.69 Å². The third kappa shape index (κ3) is 5.35. The van der Waals surface area contributed by atoms with Gasteiger partial charge in [0.15, 0.2) is 0 Å². The van der Waals surface area contributed by atoms with E-state index in [1.165, 1.54) is 16.7 Å². The Balaban J connectivity index is 1.42. The first kappa shape index (κ1) is 20.3. The normalized spacial score (nSPS) is 14.4. The van der Waals surface area contributed by atoms with Crippen molar-refractivity contribution in [3.8, 4) is 11.1 Å². The molecule has 3 aromatic rings. The summed E-state index contributed by atoms with van der Waals surface area (Å²) < 4.78 is 0. The van der Waals surface area contributed by atoms with Gasteiger partial charge in [0.2, 0.25) is 0 Å². The minimum absolute atomic E-state index is 0.0397. The number of hydrogen-bond donors (Lipinski definition) is 2. The Morgan fingerprint density at radius 1 is 0.900 bits per heavy atom. The summed E-state index contributed by atoms with van der Waals surface area (Å²) in [7, 11) is 0. The lowest BCUT2D eigenvalue weighted by molar-refractivity contribution is 0.0951. The van der Waals surface area contributed by atoms with Crippen LogP contribution in [0, 0.1) is 6.92 Å². The molecule has 154 valence electrons. The largest absolute Gasteiger partial charge is 0.348 e. The van der Waals surface area contributed by atoms with Crippen molar-refractivity contribution in [2.75, 3.05) is 26.2 Å². The first-order valence-corrected chi connectivity index (χ1v) is 10.6.